The third-order valence-corrected chi connectivity index (χ3v) is 3.13. The Morgan fingerprint density at radius 3 is 3.11 bits per heavy atom. The number of aliphatic hydroxyl groups excluding tert-OH is 1. The van der Waals surface area contributed by atoms with Gasteiger partial charge >= 0.3 is 0 Å². The van der Waals surface area contributed by atoms with Gasteiger partial charge in [0.2, 0.25) is 5.91 Å². The van der Waals surface area contributed by atoms with E-state index in [2.05, 4.69) is 15.9 Å². The summed E-state index contributed by atoms with van der Waals surface area (Å²) < 4.78 is 11.1. The summed E-state index contributed by atoms with van der Waals surface area (Å²) in [6.07, 6.45) is 3.05. The smallest absolute Gasteiger partial charge is 0.247 e. The molecule has 0 radical (unpaired) electrons. The number of carbonyl (C=O) groups is 1. The van der Waals surface area contributed by atoms with Crippen LogP contribution in [0.25, 0.3) is 6.08 Å². The van der Waals surface area contributed by atoms with Gasteiger partial charge in [-0.1, -0.05) is 0 Å². The van der Waals surface area contributed by atoms with Crippen LogP contribution in [0.5, 0.6) is 0 Å². The molecule has 2 rings (SSSR count). The van der Waals surface area contributed by atoms with Gasteiger partial charge in [-0.05, 0) is 34.1 Å². The molecular weight excluding hydrogens is 302 g/mol. The Morgan fingerprint density at radius 1 is 1.61 bits per heavy atom. The van der Waals surface area contributed by atoms with Crippen LogP contribution in [0.1, 0.15) is 5.76 Å². The van der Waals surface area contributed by atoms with Crippen molar-refractivity contribution in [3.05, 3.63) is 28.6 Å². The van der Waals surface area contributed by atoms with E-state index in [1.54, 1.807) is 23.1 Å². The van der Waals surface area contributed by atoms with Gasteiger partial charge in [0, 0.05) is 12.6 Å². The highest BCUT2D eigenvalue weighted by Crippen LogP contribution is 2.15. The molecule has 1 aliphatic rings. The Hall–Kier alpha value is -1.11. The van der Waals surface area contributed by atoms with Crippen molar-refractivity contribution in [2.75, 3.05) is 26.4 Å². The molecule has 1 aliphatic heterocycles. The van der Waals surface area contributed by atoms with Crippen molar-refractivity contribution in [1.29, 1.82) is 0 Å². The molecule has 1 amide bonds. The maximum atomic E-state index is 12.0. The van der Waals surface area contributed by atoms with Crippen molar-refractivity contribution >= 4 is 27.9 Å². The van der Waals surface area contributed by atoms with Crippen molar-refractivity contribution < 1.29 is 19.1 Å². The number of nitrogens with zero attached hydrogens (tertiary/aromatic N) is 1. The van der Waals surface area contributed by atoms with E-state index in [0.717, 1.165) is 0 Å². The minimum absolute atomic E-state index is 0.0914. The van der Waals surface area contributed by atoms with Crippen LogP contribution in [0, 0.1) is 0 Å². The molecule has 0 saturated carbocycles. The molecule has 0 spiro atoms. The fraction of sp³-hybridized carbons (Fsp3) is 0.417. The lowest BCUT2D eigenvalue weighted by Crippen LogP contribution is -2.49. The molecule has 0 aromatic carbocycles. The second-order valence-corrected chi connectivity index (χ2v) is 4.70. The summed E-state index contributed by atoms with van der Waals surface area (Å²) in [7, 11) is 0. The molecule has 98 valence electrons. The number of ether oxygens (including phenoxy) is 1. The number of rotatable bonds is 3. The number of carbonyl (C=O) groups excluding carboxylic acids is 1. The molecule has 18 heavy (non-hydrogen) atoms. The zero-order chi connectivity index (χ0) is 13.0. The molecular formula is C12H14BrNO4. The predicted octanol–water partition coefficient (Wildman–Crippen LogP) is 1.27. The highest BCUT2D eigenvalue weighted by Gasteiger charge is 2.25. The van der Waals surface area contributed by atoms with Crippen molar-refractivity contribution in [2.24, 2.45) is 0 Å². The average molecular weight is 316 g/mol. The lowest BCUT2D eigenvalue weighted by atomic mass is 10.2. The van der Waals surface area contributed by atoms with Crippen LogP contribution in [0.2, 0.25) is 0 Å². The van der Waals surface area contributed by atoms with Crippen LogP contribution in [-0.4, -0.2) is 48.3 Å². The third kappa shape index (κ3) is 3.22. The Bertz CT molecular complexity index is 443. The quantitative estimate of drug-likeness (QED) is 0.853. The van der Waals surface area contributed by atoms with Crippen molar-refractivity contribution in [3.8, 4) is 0 Å². The first kappa shape index (κ1) is 13.3. The molecule has 0 aliphatic carbocycles. The molecule has 2 heterocycles. The van der Waals surface area contributed by atoms with E-state index in [0.29, 0.717) is 30.2 Å². The SMILES string of the molecule is O=C(/C=C/c1ccc(Br)o1)N1CCOCC1CO. The Morgan fingerprint density at radius 2 is 2.44 bits per heavy atom. The molecule has 5 nitrogen and oxygen atoms in total. The van der Waals surface area contributed by atoms with E-state index in [9.17, 15) is 9.90 Å². The average Bonchev–Trinajstić information content (AvgIpc) is 2.81. The van der Waals surface area contributed by atoms with Gasteiger partial charge in [-0.3, -0.25) is 4.79 Å². The number of morpholine rings is 1. The minimum atomic E-state index is -0.265. The second-order valence-electron chi connectivity index (χ2n) is 3.92. The van der Waals surface area contributed by atoms with E-state index < -0.39 is 0 Å². The van der Waals surface area contributed by atoms with Crippen LogP contribution >= 0.6 is 15.9 Å². The highest BCUT2D eigenvalue weighted by molar-refractivity contribution is 9.10. The van der Waals surface area contributed by atoms with E-state index in [-0.39, 0.29) is 18.6 Å². The second kappa shape index (κ2) is 6.17. The normalized spacial score (nSPS) is 20.6. The van der Waals surface area contributed by atoms with Gasteiger partial charge in [0.15, 0.2) is 4.67 Å². The van der Waals surface area contributed by atoms with E-state index >= 15 is 0 Å². The first-order valence-electron chi connectivity index (χ1n) is 5.63. The molecule has 6 heteroatoms. The Kier molecular flexibility index (Phi) is 4.57. The molecule has 1 aromatic heterocycles. The highest BCUT2D eigenvalue weighted by atomic mass is 79.9. The summed E-state index contributed by atoms with van der Waals surface area (Å²) in [5, 5.41) is 9.18. The van der Waals surface area contributed by atoms with Crippen LogP contribution in [0.4, 0.5) is 0 Å². The first-order chi connectivity index (χ1) is 8.70. The van der Waals surface area contributed by atoms with Crippen LogP contribution in [0.15, 0.2) is 27.3 Å². The van der Waals surface area contributed by atoms with Gasteiger partial charge in [0.05, 0.1) is 25.9 Å². The van der Waals surface area contributed by atoms with E-state index in [1.165, 1.54) is 6.08 Å². The number of amides is 1. The maximum Gasteiger partial charge on any atom is 0.247 e. The fourth-order valence-electron chi connectivity index (χ4n) is 1.76. The van der Waals surface area contributed by atoms with Crippen molar-refractivity contribution in [1.82, 2.24) is 4.90 Å². The first-order valence-corrected chi connectivity index (χ1v) is 6.42. The number of aliphatic hydroxyl groups is 1. The molecule has 1 fully saturated rings. The van der Waals surface area contributed by atoms with E-state index in [1.807, 2.05) is 0 Å². The summed E-state index contributed by atoms with van der Waals surface area (Å²) in [5.74, 6) is 0.453. The van der Waals surface area contributed by atoms with Crippen LogP contribution in [0.3, 0.4) is 0 Å². The number of furan rings is 1. The largest absolute Gasteiger partial charge is 0.450 e. The monoisotopic (exact) mass is 315 g/mol. The zero-order valence-electron chi connectivity index (χ0n) is 9.71. The lowest BCUT2D eigenvalue weighted by molar-refractivity contribution is -0.136. The Labute approximate surface area is 113 Å². The van der Waals surface area contributed by atoms with Gasteiger partial charge < -0.3 is 19.2 Å². The standard InChI is InChI=1S/C12H14BrNO4/c13-11-3-1-10(18-11)2-4-12(16)14-5-6-17-8-9(14)7-15/h1-4,9,15H,5-8H2/b4-2+. The fourth-order valence-corrected chi connectivity index (χ4v) is 2.08. The minimum Gasteiger partial charge on any atom is -0.450 e. The summed E-state index contributed by atoms with van der Waals surface area (Å²) >= 11 is 3.19. The number of hydrogen-bond acceptors (Lipinski definition) is 4. The van der Waals surface area contributed by atoms with Gasteiger partial charge in [0.1, 0.15) is 5.76 Å². The summed E-state index contributed by atoms with van der Waals surface area (Å²) in [6, 6.07) is 3.26. The summed E-state index contributed by atoms with van der Waals surface area (Å²) in [4.78, 5) is 13.6. The molecule has 1 saturated heterocycles. The van der Waals surface area contributed by atoms with Crippen molar-refractivity contribution in [2.45, 2.75) is 6.04 Å². The zero-order valence-corrected chi connectivity index (χ0v) is 11.3. The van der Waals surface area contributed by atoms with Crippen molar-refractivity contribution in [3.63, 3.8) is 0 Å². The molecule has 0 bridgehead atoms. The number of hydrogen-bond donors (Lipinski definition) is 1. The summed E-state index contributed by atoms with van der Waals surface area (Å²) in [5.41, 5.74) is 0. The molecule has 1 unspecified atom stereocenters. The molecule has 1 N–H and O–H groups in total. The van der Waals surface area contributed by atoms with Crippen LogP contribution in [-0.2, 0) is 9.53 Å². The van der Waals surface area contributed by atoms with Crippen LogP contribution < -0.4 is 0 Å². The summed E-state index contributed by atoms with van der Waals surface area (Å²) in [6.45, 7) is 1.28. The third-order valence-electron chi connectivity index (χ3n) is 2.71. The maximum absolute atomic E-state index is 12.0. The number of halogens is 1. The van der Waals surface area contributed by atoms with E-state index in [4.69, 9.17) is 9.15 Å². The van der Waals surface area contributed by atoms with Gasteiger partial charge in [-0.15, -0.1) is 0 Å². The van der Waals surface area contributed by atoms with Gasteiger partial charge in [-0.2, -0.15) is 0 Å². The lowest BCUT2D eigenvalue weighted by Gasteiger charge is -2.33. The molecule has 1 atom stereocenters. The predicted molar refractivity (Wildman–Crippen MR) is 68.8 cm³/mol. The topological polar surface area (TPSA) is 62.9 Å². The Balaban J connectivity index is 2.00. The van der Waals surface area contributed by atoms with Gasteiger partial charge in [0.25, 0.3) is 0 Å². The molecule has 1 aromatic rings. The van der Waals surface area contributed by atoms with Gasteiger partial charge in [-0.25, -0.2) is 0 Å².